The summed E-state index contributed by atoms with van der Waals surface area (Å²) in [7, 11) is 0. The topological polar surface area (TPSA) is 83.1 Å². The van der Waals surface area contributed by atoms with E-state index < -0.39 is 17.6 Å². The highest BCUT2D eigenvalue weighted by Gasteiger charge is 2.30. The van der Waals surface area contributed by atoms with E-state index in [1.54, 1.807) is 24.3 Å². The molecule has 0 aliphatic carbocycles. The van der Waals surface area contributed by atoms with E-state index in [4.69, 9.17) is 5.26 Å². The number of benzene rings is 1. The van der Waals surface area contributed by atoms with Crippen LogP contribution in [0, 0.1) is 11.3 Å². The lowest BCUT2D eigenvalue weighted by atomic mass is 10.0. The smallest absolute Gasteiger partial charge is 0.292 e. The lowest BCUT2D eigenvalue weighted by molar-refractivity contribution is -0.137. The SMILES string of the molecule is N#CCC(=O)Nc1nc2ccc(-c3cccc(C(F)(F)F)c3)cn2n1. The van der Waals surface area contributed by atoms with Crippen LogP contribution in [0.1, 0.15) is 12.0 Å². The van der Waals surface area contributed by atoms with Crippen LogP contribution in [0.4, 0.5) is 19.1 Å². The number of fused-ring (bicyclic) bond motifs is 1. The van der Waals surface area contributed by atoms with Crippen molar-refractivity contribution in [1.82, 2.24) is 14.6 Å². The number of hydrogen-bond acceptors (Lipinski definition) is 4. The number of anilines is 1. The van der Waals surface area contributed by atoms with Crippen molar-refractivity contribution in [3.8, 4) is 17.2 Å². The molecule has 1 aromatic carbocycles. The molecule has 0 aliphatic rings. The van der Waals surface area contributed by atoms with Crippen LogP contribution < -0.4 is 5.32 Å². The predicted octanol–water partition coefficient (Wildman–Crippen LogP) is 3.27. The first kappa shape index (κ1) is 16.4. The molecule has 6 nitrogen and oxygen atoms in total. The molecule has 2 heterocycles. The second kappa shape index (κ2) is 6.24. The van der Waals surface area contributed by atoms with E-state index in [1.807, 2.05) is 0 Å². The Bertz CT molecular complexity index is 987. The Labute approximate surface area is 139 Å². The molecule has 0 saturated carbocycles. The summed E-state index contributed by atoms with van der Waals surface area (Å²) in [5.41, 5.74) is 0.553. The lowest BCUT2D eigenvalue weighted by Gasteiger charge is -2.08. The first-order valence-electron chi connectivity index (χ1n) is 7.08. The third-order valence-corrected chi connectivity index (χ3v) is 3.35. The lowest BCUT2D eigenvalue weighted by Crippen LogP contribution is -2.11. The van der Waals surface area contributed by atoms with Gasteiger partial charge in [0.05, 0.1) is 11.6 Å². The van der Waals surface area contributed by atoms with E-state index in [2.05, 4.69) is 15.4 Å². The van der Waals surface area contributed by atoms with Crippen molar-refractivity contribution in [3.05, 3.63) is 48.2 Å². The number of nitrogens with zero attached hydrogens (tertiary/aromatic N) is 4. The summed E-state index contributed by atoms with van der Waals surface area (Å²) in [4.78, 5) is 15.4. The molecule has 0 fully saturated rings. The molecule has 3 aromatic rings. The maximum absolute atomic E-state index is 12.8. The van der Waals surface area contributed by atoms with E-state index in [-0.39, 0.29) is 12.4 Å². The average Bonchev–Trinajstić information content (AvgIpc) is 2.95. The van der Waals surface area contributed by atoms with Crippen LogP contribution in [0.2, 0.25) is 0 Å². The highest BCUT2D eigenvalue weighted by atomic mass is 19.4. The van der Waals surface area contributed by atoms with Crippen molar-refractivity contribution < 1.29 is 18.0 Å². The van der Waals surface area contributed by atoms with Crippen LogP contribution in [0.5, 0.6) is 0 Å². The Kier molecular flexibility index (Phi) is 4.10. The number of nitrogens with one attached hydrogen (secondary N) is 1. The highest BCUT2D eigenvalue weighted by molar-refractivity contribution is 5.90. The van der Waals surface area contributed by atoms with Crippen molar-refractivity contribution in [2.45, 2.75) is 12.6 Å². The molecular weight excluding hydrogens is 335 g/mol. The van der Waals surface area contributed by atoms with Crippen LogP contribution in [-0.2, 0) is 11.0 Å². The van der Waals surface area contributed by atoms with Crippen molar-refractivity contribution in [2.75, 3.05) is 5.32 Å². The zero-order chi connectivity index (χ0) is 18.0. The van der Waals surface area contributed by atoms with Crippen molar-refractivity contribution in [1.29, 1.82) is 5.26 Å². The molecule has 0 atom stereocenters. The Hall–Kier alpha value is -3.41. The maximum Gasteiger partial charge on any atom is 0.416 e. The van der Waals surface area contributed by atoms with Crippen LogP contribution in [-0.4, -0.2) is 20.5 Å². The predicted molar refractivity (Wildman–Crippen MR) is 82.3 cm³/mol. The number of carbonyl (C=O) groups is 1. The molecule has 0 aliphatic heterocycles. The molecular formula is C16H10F3N5O. The first-order valence-corrected chi connectivity index (χ1v) is 7.08. The zero-order valence-corrected chi connectivity index (χ0v) is 12.6. The number of nitriles is 1. The van der Waals surface area contributed by atoms with Gasteiger partial charge in [0.1, 0.15) is 6.42 Å². The fourth-order valence-electron chi connectivity index (χ4n) is 2.22. The summed E-state index contributed by atoms with van der Waals surface area (Å²) < 4.78 is 39.8. The molecule has 1 amide bonds. The molecule has 0 spiro atoms. The third kappa shape index (κ3) is 3.58. The van der Waals surface area contributed by atoms with Gasteiger partial charge in [-0.3, -0.25) is 10.1 Å². The van der Waals surface area contributed by atoms with E-state index in [1.165, 1.54) is 16.8 Å². The Morgan fingerprint density at radius 1 is 1.24 bits per heavy atom. The Morgan fingerprint density at radius 2 is 2.04 bits per heavy atom. The number of aromatic nitrogens is 3. The zero-order valence-electron chi connectivity index (χ0n) is 12.6. The van der Waals surface area contributed by atoms with Gasteiger partial charge in [0.15, 0.2) is 5.65 Å². The van der Waals surface area contributed by atoms with E-state index in [0.717, 1.165) is 12.1 Å². The highest BCUT2D eigenvalue weighted by Crippen LogP contribution is 2.32. The molecule has 3 rings (SSSR count). The summed E-state index contributed by atoms with van der Waals surface area (Å²) in [5.74, 6) is -0.530. The standard InChI is InChI=1S/C16H10F3N5O/c17-16(18,19)12-3-1-2-10(8-12)11-4-5-13-21-15(23-24(13)9-11)22-14(25)6-7-20/h1-5,8-9H,6H2,(H,22,23,25). The first-order chi connectivity index (χ1) is 11.9. The summed E-state index contributed by atoms with van der Waals surface area (Å²) >= 11 is 0. The molecule has 0 radical (unpaired) electrons. The molecule has 2 aromatic heterocycles. The Morgan fingerprint density at radius 3 is 2.76 bits per heavy atom. The summed E-state index contributed by atoms with van der Waals surface area (Å²) in [6.45, 7) is 0. The summed E-state index contributed by atoms with van der Waals surface area (Å²) in [6, 6.07) is 9.83. The molecule has 9 heteroatoms. The number of carbonyl (C=O) groups excluding carboxylic acids is 1. The van der Waals surface area contributed by atoms with Gasteiger partial charge in [-0.15, -0.1) is 5.10 Å². The minimum Gasteiger partial charge on any atom is -0.292 e. The van der Waals surface area contributed by atoms with Gasteiger partial charge in [-0.2, -0.15) is 23.4 Å². The van der Waals surface area contributed by atoms with Gasteiger partial charge >= 0.3 is 6.18 Å². The van der Waals surface area contributed by atoms with Crippen LogP contribution >= 0.6 is 0 Å². The number of halogens is 3. The van der Waals surface area contributed by atoms with Gasteiger partial charge in [-0.05, 0) is 29.8 Å². The van der Waals surface area contributed by atoms with Crippen molar-refractivity contribution in [3.63, 3.8) is 0 Å². The van der Waals surface area contributed by atoms with Crippen LogP contribution in [0.15, 0.2) is 42.6 Å². The minimum absolute atomic E-state index is 0.0152. The van der Waals surface area contributed by atoms with Crippen LogP contribution in [0.3, 0.4) is 0 Å². The second-order valence-electron chi connectivity index (χ2n) is 5.12. The summed E-state index contributed by atoms with van der Waals surface area (Å²) in [6.07, 6.45) is -3.24. The molecule has 0 unspecified atom stereocenters. The number of rotatable bonds is 3. The number of amides is 1. The minimum atomic E-state index is -4.43. The second-order valence-corrected chi connectivity index (χ2v) is 5.12. The van der Waals surface area contributed by atoms with Crippen molar-refractivity contribution in [2.24, 2.45) is 0 Å². The molecule has 25 heavy (non-hydrogen) atoms. The fraction of sp³-hybridized carbons (Fsp3) is 0.125. The largest absolute Gasteiger partial charge is 0.416 e. The fourth-order valence-corrected chi connectivity index (χ4v) is 2.22. The quantitative estimate of drug-likeness (QED) is 0.790. The summed E-state index contributed by atoms with van der Waals surface area (Å²) in [5, 5.41) is 14.9. The van der Waals surface area contributed by atoms with E-state index in [9.17, 15) is 18.0 Å². The average molecular weight is 345 g/mol. The monoisotopic (exact) mass is 345 g/mol. The Balaban J connectivity index is 1.94. The molecule has 1 N–H and O–H groups in total. The molecule has 0 bridgehead atoms. The van der Waals surface area contributed by atoms with E-state index >= 15 is 0 Å². The van der Waals surface area contributed by atoms with Gasteiger partial charge in [0.2, 0.25) is 11.9 Å². The molecule has 0 saturated heterocycles. The van der Waals surface area contributed by atoms with E-state index in [0.29, 0.717) is 16.8 Å². The van der Waals surface area contributed by atoms with Gasteiger partial charge in [-0.25, -0.2) is 4.52 Å². The van der Waals surface area contributed by atoms with Gasteiger partial charge < -0.3 is 0 Å². The van der Waals surface area contributed by atoms with Gasteiger partial charge in [-0.1, -0.05) is 12.1 Å². The maximum atomic E-state index is 12.8. The number of pyridine rings is 1. The molecule has 126 valence electrons. The number of hydrogen-bond donors (Lipinski definition) is 1. The third-order valence-electron chi connectivity index (χ3n) is 3.35. The number of alkyl halides is 3. The van der Waals surface area contributed by atoms with Gasteiger partial charge in [0.25, 0.3) is 0 Å². The van der Waals surface area contributed by atoms with Crippen LogP contribution in [0.25, 0.3) is 16.8 Å². The van der Waals surface area contributed by atoms with Crippen molar-refractivity contribution >= 4 is 17.5 Å². The van der Waals surface area contributed by atoms with Gasteiger partial charge in [0, 0.05) is 11.8 Å². The normalized spacial score (nSPS) is 11.3.